The highest BCUT2D eigenvalue weighted by atomic mass is 16.5. The van der Waals surface area contributed by atoms with Gasteiger partial charge in [-0.15, -0.1) is 0 Å². The van der Waals surface area contributed by atoms with Crippen molar-refractivity contribution in [2.45, 2.75) is 38.9 Å². The summed E-state index contributed by atoms with van der Waals surface area (Å²) in [6.07, 6.45) is 7.74. The standard InChI is InChI=1S/C24H30N2O3/c27-24(23-9-14-28-18-23)26-12-7-20(8-13-26)15-19-1-3-21(4-2-19)16-29-17-22-5-10-25-11-6-22/h1-6,10-11,20,23H,7-9,12-18H2. The number of hydrogen-bond acceptors (Lipinski definition) is 4. The van der Waals surface area contributed by atoms with Crippen LogP contribution in [0.3, 0.4) is 0 Å². The van der Waals surface area contributed by atoms with Crippen molar-refractivity contribution >= 4 is 5.91 Å². The van der Waals surface area contributed by atoms with E-state index in [1.54, 1.807) is 12.4 Å². The quantitative estimate of drug-likeness (QED) is 0.720. The minimum atomic E-state index is 0.0971. The maximum absolute atomic E-state index is 12.5. The summed E-state index contributed by atoms with van der Waals surface area (Å²) in [6.45, 7) is 4.35. The van der Waals surface area contributed by atoms with E-state index in [4.69, 9.17) is 9.47 Å². The SMILES string of the molecule is O=C(C1CCOC1)N1CCC(Cc2ccc(COCc3ccncc3)cc2)CC1. The Morgan fingerprint density at radius 3 is 2.28 bits per heavy atom. The molecule has 29 heavy (non-hydrogen) atoms. The molecule has 2 saturated heterocycles. The molecule has 5 heteroatoms. The fourth-order valence-corrected chi connectivity index (χ4v) is 4.22. The number of amides is 1. The van der Waals surface area contributed by atoms with Crippen molar-refractivity contribution < 1.29 is 14.3 Å². The molecule has 0 radical (unpaired) electrons. The van der Waals surface area contributed by atoms with Gasteiger partial charge in [-0.1, -0.05) is 24.3 Å². The van der Waals surface area contributed by atoms with E-state index in [1.165, 1.54) is 11.1 Å². The Bertz CT molecular complexity index is 764. The maximum atomic E-state index is 12.5. The molecule has 1 unspecified atom stereocenters. The van der Waals surface area contributed by atoms with Crippen LogP contribution in [0.25, 0.3) is 0 Å². The summed E-state index contributed by atoms with van der Waals surface area (Å²) < 4.78 is 11.2. The molecule has 1 amide bonds. The molecule has 2 aromatic rings. The van der Waals surface area contributed by atoms with Crippen molar-refractivity contribution in [3.05, 3.63) is 65.5 Å². The largest absolute Gasteiger partial charge is 0.381 e. The van der Waals surface area contributed by atoms with Gasteiger partial charge in [-0.05, 0) is 60.4 Å². The smallest absolute Gasteiger partial charge is 0.228 e. The number of benzene rings is 1. The summed E-state index contributed by atoms with van der Waals surface area (Å²) in [5.74, 6) is 1.06. The van der Waals surface area contributed by atoms with Crippen LogP contribution in [0, 0.1) is 11.8 Å². The first-order chi connectivity index (χ1) is 14.3. The average Bonchev–Trinajstić information content (AvgIpc) is 3.31. The summed E-state index contributed by atoms with van der Waals surface area (Å²) in [7, 11) is 0. The van der Waals surface area contributed by atoms with Crippen molar-refractivity contribution in [2.24, 2.45) is 11.8 Å². The first-order valence-electron chi connectivity index (χ1n) is 10.7. The van der Waals surface area contributed by atoms with Gasteiger partial charge < -0.3 is 14.4 Å². The van der Waals surface area contributed by atoms with E-state index in [0.29, 0.717) is 31.6 Å². The lowest BCUT2D eigenvalue weighted by atomic mass is 9.89. The Kier molecular flexibility index (Phi) is 6.91. The van der Waals surface area contributed by atoms with Crippen LogP contribution in [-0.4, -0.2) is 42.1 Å². The molecule has 154 valence electrons. The first kappa shape index (κ1) is 20.0. The molecule has 4 rings (SSSR count). The fraction of sp³-hybridized carbons (Fsp3) is 0.500. The molecule has 1 atom stereocenters. The molecule has 0 saturated carbocycles. The van der Waals surface area contributed by atoms with Crippen LogP contribution in [0.4, 0.5) is 0 Å². The van der Waals surface area contributed by atoms with E-state index in [9.17, 15) is 4.79 Å². The molecule has 1 aromatic heterocycles. The third kappa shape index (κ3) is 5.64. The topological polar surface area (TPSA) is 51.7 Å². The molecule has 3 heterocycles. The van der Waals surface area contributed by atoms with Crippen molar-refractivity contribution in [1.82, 2.24) is 9.88 Å². The zero-order valence-corrected chi connectivity index (χ0v) is 17.0. The predicted molar refractivity (Wildman–Crippen MR) is 111 cm³/mol. The van der Waals surface area contributed by atoms with Crippen LogP contribution in [0.5, 0.6) is 0 Å². The molecule has 5 nitrogen and oxygen atoms in total. The maximum Gasteiger partial charge on any atom is 0.228 e. The summed E-state index contributed by atoms with van der Waals surface area (Å²) in [4.78, 5) is 18.6. The number of carbonyl (C=O) groups is 1. The minimum Gasteiger partial charge on any atom is -0.381 e. The highest BCUT2D eigenvalue weighted by Gasteiger charge is 2.30. The Morgan fingerprint density at radius 1 is 0.966 bits per heavy atom. The monoisotopic (exact) mass is 394 g/mol. The lowest BCUT2D eigenvalue weighted by Crippen LogP contribution is -2.42. The lowest BCUT2D eigenvalue weighted by Gasteiger charge is -2.33. The van der Waals surface area contributed by atoms with Crippen LogP contribution >= 0.6 is 0 Å². The molecule has 2 aliphatic rings. The predicted octanol–water partition coefficient (Wildman–Crippen LogP) is 3.62. The van der Waals surface area contributed by atoms with E-state index < -0.39 is 0 Å². The van der Waals surface area contributed by atoms with E-state index in [1.807, 2.05) is 12.1 Å². The molecule has 0 spiro atoms. The molecule has 1 aromatic carbocycles. The zero-order valence-electron chi connectivity index (χ0n) is 17.0. The molecule has 2 aliphatic heterocycles. The van der Waals surface area contributed by atoms with Crippen LogP contribution in [-0.2, 0) is 33.9 Å². The Balaban J connectivity index is 1.19. The number of rotatable bonds is 7. The molecule has 0 bridgehead atoms. The van der Waals surface area contributed by atoms with Gasteiger partial charge in [0.1, 0.15) is 0 Å². The number of aromatic nitrogens is 1. The molecule has 0 N–H and O–H groups in total. The molecule has 0 aliphatic carbocycles. The van der Waals surface area contributed by atoms with E-state index in [2.05, 4.69) is 34.1 Å². The van der Waals surface area contributed by atoms with Gasteiger partial charge in [0.25, 0.3) is 0 Å². The summed E-state index contributed by atoms with van der Waals surface area (Å²) in [5, 5.41) is 0. The second kappa shape index (κ2) is 9.99. The van der Waals surface area contributed by atoms with Crippen molar-refractivity contribution in [3.63, 3.8) is 0 Å². The number of piperidine rings is 1. The number of hydrogen-bond donors (Lipinski definition) is 0. The van der Waals surface area contributed by atoms with Crippen LogP contribution in [0.1, 0.15) is 36.0 Å². The summed E-state index contributed by atoms with van der Waals surface area (Å²) in [5.41, 5.74) is 3.71. The third-order valence-electron chi connectivity index (χ3n) is 6.04. The second-order valence-electron chi connectivity index (χ2n) is 8.20. The summed E-state index contributed by atoms with van der Waals surface area (Å²) in [6, 6.07) is 12.7. The van der Waals surface area contributed by atoms with Gasteiger partial charge in [-0.25, -0.2) is 0 Å². The van der Waals surface area contributed by atoms with Crippen LogP contribution in [0.15, 0.2) is 48.8 Å². The molecular formula is C24H30N2O3. The third-order valence-corrected chi connectivity index (χ3v) is 6.04. The average molecular weight is 395 g/mol. The number of likely N-dealkylation sites (tertiary alicyclic amines) is 1. The Hall–Kier alpha value is -2.24. The van der Waals surface area contributed by atoms with Crippen molar-refractivity contribution in [3.8, 4) is 0 Å². The van der Waals surface area contributed by atoms with E-state index in [0.717, 1.165) is 50.9 Å². The highest BCUT2D eigenvalue weighted by Crippen LogP contribution is 2.25. The molecule has 2 fully saturated rings. The summed E-state index contributed by atoms with van der Waals surface area (Å²) >= 11 is 0. The van der Waals surface area contributed by atoms with Crippen LogP contribution < -0.4 is 0 Å². The minimum absolute atomic E-state index is 0.0971. The first-order valence-corrected chi connectivity index (χ1v) is 10.7. The van der Waals surface area contributed by atoms with Gasteiger partial charge >= 0.3 is 0 Å². The van der Waals surface area contributed by atoms with Crippen LogP contribution in [0.2, 0.25) is 0 Å². The van der Waals surface area contributed by atoms with E-state index >= 15 is 0 Å². The van der Waals surface area contributed by atoms with Crippen molar-refractivity contribution in [1.29, 1.82) is 0 Å². The Labute approximate surface area is 173 Å². The fourth-order valence-electron chi connectivity index (χ4n) is 4.22. The van der Waals surface area contributed by atoms with Gasteiger partial charge in [0.15, 0.2) is 0 Å². The number of carbonyl (C=O) groups excluding carboxylic acids is 1. The van der Waals surface area contributed by atoms with Gasteiger partial charge in [-0.2, -0.15) is 0 Å². The van der Waals surface area contributed by atoms with Crippen molar-refractivity contribution in [2.75, 3.05) is 26.3 Å². The van der Waals surface area contributed by atoms with Gasteiger partial charge in [-0.3, -0.25) is 9.78 Å². The van der Waals surface area contributed by atoms with Gasteiger partial charge in [0.2, 0.25) is 5.91 Å². The normalized spacial score (nSPS) is 20.1. The highest BCUT2D eigenvalue weighted by molar-refractivity contribution is 5.79. The lowest BCUT2D eigenvalue weighted by molar-refractivity contribution is -0.136. The van der Waals surface area contributed by atoms with Gasteiger partial charge in [0, 0.05) is 32.1 Å². The zero-order chi connectivity index (χ0) is 19.9. The number of nitrogens with zero attached hydrogens (tertiary/aromatic N) is 2. The number of ether oxygens (including phenoxy) is 2. The molecular weight excluding hydrogens is 364 g/mol. The Morgan fingerprint density at radius 2 is 1.62 bits per heavy atom. The van der Waals surface area contributed by atoms with E-state index in [-0.39, 0.29) is 5.92 Å². The van der Waals surface area contributed by atoms with Gasteiger partial charge in [0.05, 0.1) is 25.7 Å². The second-order valence-corrected chi connectivity index (χ2v) is 8.20. The number of pyridine rings is 1.